The van der Waals surface area contributed by atoms with Crippen molar-refractivity contribution in [2.75, 3.05) is 0 Å². The molecule has 0 heteroatoms. The summed E-state index contributed by atoms with van der Waals surface area (Å²) in [6, 6.07) is 12.2. The Bertz CT molecular complexity index is 1130. The second kappa shape index (κ2) is 3.98. The van der Waals surface area contributed by atoms with Crippen LogP contribution < -0.4 is 0 Å². The number of hydrogen-bond acceptors (Lipinski definition) is 0. The highest BCUT2D eigenvalue weighted by Gasteiger charge is 2.41. The van der Waals surface area contributed by atoms with Crippen molar-refractivity contribution in [1.29, 1.82) is 0 Å². The van der Waals surface area contributed by atoms with E-state index in [1.165, 1.54) is 44.9 Å². The predicted octanol–water partition coefficient (Wildman–Crippen LogP) is 5.90. The highest BCUT2D eigenvalue weighted by molar-refractivity contribution is 5.97. The van der Waals surface area contributed by atoms with Crippen LogP contribution in [0.5, 0.6) is 0 Å². The molecule has 0 unspecified atom stereocenters. The minimum Gasteiger partial charge on any atom is -0.0617 e. The topological polar surface area (TPSA) is 0 Å². The van der Waals surface area contributed by atoms with E-state index in [1.54, 1.807) is 72.3 Å². The zero-order chi connectivity index (χ0) is 16.6. The summed E-state index contributed by atoms with van der Waals surface area (Å²) in [4.78, 5) is 0. The second-order valence-electron chi connectivity index (χ2n) is 9.16. The summed E-state index contributed by atoms with van der Waals surface area (Å²) in [6.07, 6.45) is 8.98. The van der Waals surface area contributed by atoms with Crippen LogP contribution in [0.4, 0.5) is 0 Å². The normalized spacial score (nSPS) is 19.1. The molecule has 1 saturated carbocycles. The lowest BCUT2D eigenvalue weighted by Gasteiger charge is -2.27. The Hall–Kier alpha value is -2.34. The minimum absolute atomic E-state index is 0.849. The van der Waals surface area contributed by atoms with Crippen molar-refractivity contribution in [3.63, 3.8) is 0 Å². The van der Waals surface area contributed by atoms with Crippen molar-refractivity contribution in [3.05, 3.63) is 80.4 Å². The van der Waals surface area contributed by atoms with Gasteiger partial charge in [0.05, 0.1) is 0 Å². The van der Waals surface area contributed by atoms with Crippen LogP contribution in [0.25, 0.3) is 22.3 Å². The van der Waals surface area contributed by atoms with Gasteiger partial charge in [0.2, 0.25) is 0 Å². The van der Waals surface area contributed by atoms with Gasteiger partial charge in [-0.05, 0) is 117 Å². The largest absolute Gasteiger partial charge is 0.0617 e. The second-order valence-corrected chi connectivity index (χ2v) is 9.16. The van der Waals surface area contributed by atoms with Crippen LogP contribution in [0.1, 0.15) is 75.3 Å². The zero-order valence-electron chi connectivity index (χ0n) is 14.9. The predicted molar refractivity (Wildman–Crippen MR) is 105 cm³/mol. The molecule has 0 saturated heterocycles. The molecule has 0 aliphatic heterocycles. The van der Waals surface area contributed by atoms with Gasteiger partial charge in [0.25, 0.3) is 0 Å². The maximum Gasteiger partial charge on any atom is -0.00101 e. The number of rotatable bonds is 1. The Morgan fingerprint density at radius 3 is 1.58 bits per heavy atom. The minimum atomic E-state index is 0.849. The van der Waals surface area contributed by atoms with Crippen molar-refractivity contribution < 1.29 is 0 Å². The van der Waals surface area contributed by atoms with E-state index in [2.05, 4.69) is 30.3 Å². The SMILES string of the molecule is c1cc2c3c(c1)Cc1c4c5c(c(c1-3)C2)Cc1cc(C2CCC2)cc(c1-5)C4. The number of fused-ring (bicyclic) bond motifs is 2. The average Bonchev–Trinajstić information content (AvgIpc) is 3.31. The van der Waals surface area contributed by atoms with Crippen molar-refractivity contribution in [2.24, 2.45) is 0 Å². The zero-order valence-corrected chi connectivity index (χ0v) is 14.9. The highest BCUT2D eigenvalue weighted by Crippen LogP contribution is 2.58. The van der Waals surface area contributed by atoms with E-state index in [-0.39, 0.29) is 0 Å². The lowest BCUT2D eigenvalue weighted by Crippen LogP contribution is -2.09. The fraction of sp³-hybridized carbons (Fsp3) is 0.308. The first-order valence-electron chi connectivity index (χ1n) is 10.3. The van der Waals surface area contributed by atoms with E-state index in [0.717, 1.165) is 5.92 Å². The van der Waals surface area contributed by atoms with Gasteiger partial charge in [-0.25, -0.2) is 0 Å². The van der Waals surface area contributed by atoms with Crippen LogP contribution in [-0.2, 0) is 25.7 Å². The molecule has 8 rings (SSSR count). The molecule has 0 spiro atoms. The fourth-order valence-corrected chi connectivity index (χ4v) is 6.75. The Labute approximate surface area is 153 Å². The van der Waals surface area contributed by atoms with E-state index >= 15 is 0 Å². The molecule has 26 heavy (non-hydrogen) atoms. The van der Waals surface area contributed by atoms with Gasteiger partial charge in [0.15, 0.2) is 0 Å². The smallest absolute Gasteiger partial charge is 0.00101 e. The van der Waals surface area contributed by atoms with Crippen LogP contribution in [0.3, 0.4) is 0 Å². The van der Waals surface area contributed by atoms with Crippen molar-refractivity contribution in [1.82, 2.24) is 0 Å². The fourth-order valence-electron chi connectivity index (χ4n) is 6.75. The quantitative estimate of drug-likeness (QED) is 0.351. The van der Waals surface area contributed by atoms with Gasteiger partial charge in [-0.15, -0.1) is 0 Å². The molecule has 1 fully saturated rings. The van der Waals surface area contributed by atoms with Crippen LogP contribution >= 0.6 is 0 Å². The lowest BCUT2D eigenvalue weighted by atomic mass is 9.78. The summed E-state index contributed by atoms with van der Waals surface area (Å²) in [6.45, 7) is 0. The van der Waals surface area contributed by atoms with Gasteiger partial charge >= 0.3 is 0 Å². The van der Waals surface area contributed by atoms with Crippen LogP contribution in [0.2, 0.25) is 0 Å². The molecule has 0 bridgehead atoms. The van der Waals surface area contributed by atoms with E-state index in [1.807, 2.05) is 0 Å². The lowest BCUT2D eigenvalue weighted by molar-refractivity contribution is 0.419. The summed E-state index contributed by atoms with van der Waals surface area (Å²) in [5, 5.41) is 0. The first kappa shape index (κ1) is 12.9. The molecule has 0 radical (unpaired) electrons. The summed E-state index contributed by atoms with van der Waals surface area (Å²) in [7, 11) is 0. The summed E-state index contributed by atoms with van der Waals surface area (Å²) >= 11 is 0. The Morgan fingerprint density at radius 2 is 1.08 bits per heavy atom. The van der Waals surface area contributed by atoms with Gasteiger partial charge in [-0.3, -0.25) is 0 Å². The van der Waals surface area contributed by atoms with Crippen LogP contribution in [-0.4, -0.2) is 0 Å². The molecular formula is C26H20. The molecular weight excluding hydrogens is 312 g/mol. The Morgan fingerprint density at radius 1 is 0.577 bits per heavy atom. The number of benzene rings is 3. The first-order valence-corrected chi connectivity index (χ1v) is 10.3. The molecule has 0 amide bonds. The number of hydrogen-bond donors (Lipinski definition) is 0. The van der Waals surface area contributed by atoms with Crippen LogP contribution in [0.15, 0.2) is 30.3 Å². The molecule has 5 aliphatic rings. The summed E-state index contributed by atoms with van der Waals surface area (Å²) in [5.74, 6) is 0.849. The van der Waals surface area contributed by atoms with Gasteiger partial charge in [-0.1, -0.05) is 36.8 Å². The van der Waals surface area contributed by atoms with E-state index in [4.69, 9.17) is 0 Å². The molecule has 0 atom stereocenters. The van der Waals surface area contributed by atoms with Crippen LogP contribution in [0, 0.1) is 0 Å². The van der Waals surface area contributed by atoms with Gasteiger partial charge < -0.3 is 0 Å². The van der Waals surface area contributed by atoms with Crippen molar-refractivity contribution >= 4 is 0 Å². The van der Waals surface area contributed by atoms with E-state index in [0.29, 0.717) is 0 Å². The van der Waals surface area contributed by atoms with E-state index < -0.39 is 0 Å². The maximum atomic E-state index is 2.59. The molecule has 3 aromatic rings. The summed E-state index contributed by atoms with van der Waals surface area (Å²) in [5.41, 5.74) is 21.5. The Kier molecular flexibility index (Phi) is 1.98. The first-order chi connectivity index (χ1) is 12.9. The monoisotopic (exact) mass is 332 g/mol. The highest BCUT2D eigenvalue weighted by atomic mass is 14.4. The third-order valence-electron chi connectivity index (χ3n) is 8.04. The molecule has 5 aliphatic carbocycles. The standard InChI is InChI=1S/C26H20/c1-3-13(4-1)16-7-17-11-21-19-9-14-5-2-6-15-10-20(25(19)23(14)15)22-12-18(8-16)24(17)26(21)22/h2,5-8,13H,1,3-4,9-12H2. The van der Waals surface area contributed by atoms with Crippen molar-refractivity contribution in [3.8, 4) is 22.3 Å². The average molecular weight is 332 g/mol. The van der Waals surface area contributed by atoms with Gasteiger partial charge in [-0.2, -0.15) is 0 Å². The molecule has 0 heterocycles. The third kappa shape index (κ3) is 1.26. The third-order valence-corrected chi connectivity index (χ3v) is 8.04. The van der Waals surface area contributed by atoms with Crippen molar-refractivity contribution in [2.45, 2.75) is 50.9 Å². The summed E-state index contributed by atoms with van der Waals surface area (Å²) < 4.78 is 0. The molecule has 124 valence electrons. The van der Waals surface area contributed by atoms with E-state index in [9.17, 15) is 0 Å². The maximum absolute atomic E-state index is 2.59. The molecule has 0 aromatic heterocycles. The molecule has 0 nitrogen and oxygen atoms in total. The molecule has 3 aromatic carbocycles. The molecule has 0 N–H and O–H groups in total. The van der Waals surface area contributed by atoms with Gasteiger partial charge in [0.1, 0.15) is 0 Å². The Balaban J connectivity index is 1.42. The van der Waals surface area contributed by atoms with Gasteiger partial charge in [0, 0.05) is 0 Å².